The second-order valence-electron chi connectivity index (χ2n) is 5.40. The third kappa shape index (κ3) is 2.65. The van der Waals surface area contributed by atoms with Crippen molar-refractivity contribution in [2.45, 2.75) is 32.6 Å². The molecule has 1 aromatic rings. The Labute approximate surface area is 117 Å². The van der Waals surface area contributed by atoms with Crippen molar-refractivity contribution in [1.29, 1.82) is 0 Å². The number of rotatable bonds is 4. The molecule has 2 rings (SSSR count). The molecule has 0 spiro atoms. The average molecular weight is 277 g/mol. The lowest BCUT2D eigenvalue weighted by molar-refractivity contribution is -0.384. The molecular weight excluding hydrogens is 258 g/mol. The third-order valence-electron chi connectivity index (χ3n) is 4.11. The topological polar surface area (TPSA) is 98.3 Å². The lowest BCUT2D eigenvalue weighted by Gasteiger charge is -2.26. The van der Waals surface area contributed by atoms with Gasteiger partial charge in [-0.05, 0) is 25.3 Å². The van der Waals surface area contributed by atoms with Crippen LogP contribution in [0.4, 0.5) is 11.4 Å². The standard InChI is InChI=1S/C14H19N3O3/c1-10-4-5-11(17(19)20)8-12(10)16-13(18)14(9-15)6-2-3-7-14/h4-5,8H,2-3,6-7,9,15H2,1H3,(H,16,18). The number of hydrogen-bond donors (Lipinski definition) is 2. The van der Waals surface area contributed by atoms with Crippen molar-refractivity contribution in [3.8, 4) is 0 Å². The van der Waals surface area contributed by atoms with Gasteiger partial charge in [-0.15, -0.1) is 0 Å². The minimum Gasteiger partial charge on any atom is -0.329 e. The molecule has 0 bridgehead atoms. The van der Waals surface area contributed by atoms with Gasteiger partial charge in [0.25, 0.3) is 5.69 Å². The van der Waals surface area contributed by atoms with Gasteiger partial charge in [0.05, 0.1) is 16.0 Å². The number of amides is 1. The first-order valence-electron chi connectivity index (χ1n) is 6.75. The van der Waals surface area contributed by atoms with Crippen molar-refractivity contribution in [2.24, 2.45) is 11.1 Å². The van der Waals surface area contributed by atoms with E-state index in [0.717, 1.165) is 31.2 Å². The van der Waals surface area contributed by atoms with E-state index in [-0.39, 0.29) is 11.6 Å². The summed E-state index contributed by atoms with van der Waals surface area (Å²) in [5.41, 5.74) is 6.51. The van der Waals surface area contributed by atoms with Crippen molar-refractivity contribution in [2.75, 3.05) is 11.9 Å². The van der Waals surface area contributed by atoms with Crippen LogP contribution in [0, 0.1) is 22.5 Å². The summed E-state index contributed by atoms with van der Waals surface area (Å²) in [5, 5.41) is 13.6. The molecule has 0 aromatic heterocycles. The summed E-state index contributed by atoms with van der Waals surface area (Å²) in [6.07, 6.45) is 3.56. The van der Waals surface area contributed by atoms with E-state index >= 15 is 0 Å². The van der Waals surface area contributed by atoms with Crippen LogP contribution in [-0.4, -0.2) is 17.4 Å². The Bertz CT molecular complexity index is 536. The minimum atomic E-state index is -0.517. The van der Waals surface area contributed by atoms with Crippen LogP contribution >= 0.6 is 0 Å². The van der Waals surface area contributed by atoms with Crippen LogP contribution in [0.25, 0.3) is 0 Å². The van der Waals surface area contributed by atoms with Crippen molar-refractivity contribution in [3.63, 3.8) is 0 Å². The predicted molar refractivity (Wildman–Crippen MR) is 76.4 cm³/mol. The number of hydrogen-bond acceptors (Lipinski definition) is 4. The molecule has 1 aromatic carbocycles. The Morgan fingerprint density at radius 1 is 1.45 bits per heavy atom. The van der Waals surface area contributed by atoms with Gasteiger partial charge in [-0.3, -0.25) is 14.9 Å². The molecule has 1 saturated carbocycles. The maximum atomic E-state index is 12.4. The summed E-state index contributed by atoms with van der Waals surface area (Å²) < 4.78 is 0. The fourth-order valence-corrected chi connectivity index (χ4v) is 2.69. The summed E-state index contributed by atoms with van der Waals surface area (Å²) in [4.78, 5) is 22.8. The van der Waals surface area contributed by atoms with E-state index in [9.17, 15) is 14.9 Å². The van der Waals surface area contributed by atoms with E-state index in [2.05, 4.69) is 5.32 Å². The van der Waals surface area contributed by atoms with Crippen molar-refractivity contribution >= 4 is 17.3 Å². The molecule has 0 atom stereocenters. The van der Waals surface area contributed by atoms with Gasteiger partial charge in [0.2, 0.25) is 5.91 Å². The van der Waals surface area contributed by atoms with Gasteiger partial charge in [-0.2, -0.15) is 0 Å². The molecule has 6 heteroatoms. The van der Waals surface area contributed by atoms with Gasteiger partial charge < -0.3 is 11.1 Å². The minimum absolute atomic E-state index is 0.0286. The summed E-state index contributed by atoms with van der Waals surface area (Å²) in [6.45, 7) is 2.12. The maximum absolute atomic E-state index is 12.4. The maximum Gasteiger partial charge on any atom is 0.271 e. The Morgan fingerprint density at radius 2 is 2.10 bits per heavy atom. The van der Waals surface area contributed by atoms with Crippen LogP contribution in [0.3, 0.4) is 0 Å². The highest BCUT2D eigenvalue weighted by atomic mass is 16.6. The van der Waals surface area contributed by atoms with Crippen LogP contribution in [-0.2, 0) is 4.79 Å². The molecular formula is C14H19N3O3. The molecule has 108 valence electrons. The smallest absolute Gasteiger partial charge is 0.271 e. The third-order valence-corrected chi connectivity index (χ3v) is 4.11. The van der Waals surface area contributed by atoms with Crippen molar-refractivity contribution in [3.05, 3.63) is 33.9 Å². The molecule has 0 radical (unpaired) electrons. The fraction of sp³-hybridized carbons (Fsp3) is 0.500. The first-order valence-corrected chi connectivity index (χ1v) is 6.75. The van der Waals surface area contributed by atoms with Gasteiger partial charge in [0.15, 0.2) is 0 Å². The SMILES string of the molecule is Cc1ccc([N+](=O)[O-])cc1NC(=O)C1(CN)CCCC1. The number of benzene rings is 1. The Balaban J connectivity index is 2.23. The molecule has 3 N–H and O–H groups in total. The molecule has 0 saturated heterocycles. The quantitative estimate of drug-likeness (QED) is 0.652. The molecule has 1 amide bonds. The van der Waals surface area contributed by atoms with Gasteiger partial charge in [-0.1, -0.05) is 18.9 Å². The molecule has 6 nitrogen and oxygen atoms in total. The number of nitro benzene ring substituents is 1. The van der Waals surface area contributed by atoms with E-state index < -0.39 is 10.3 Å². The number of non-ortho nitro benzene ring substituents is 1. The summed E-state index contributed by atoms with van der Waals surface area (Å²) in [6, 6.07) is 4.46. The molecule has 0 unspecified atom stereocenters. The number of nitrogens with one attached hydrogen (secondary N) is 1. The molecule has 1 aliphatic rings. The molecule has 20 heavy (non-hydrogen) atoms. The zero-order valence-corrected chi connectivity index (χ0v) is 11.5. The highest BCUT2D eigenvalue weighted by Crippen LogP contribution is 2.38. The highest BCUT2D eigenvalue weighted by molar-refractivity contribution is 5.96. The van der Waals surface area contributed by atoms with Crippen molar-refractivity contribution < 1.29 is 9.72 Å². The Hall–Kier alpha value is -1.95. The van der Waals surface area contributed by atoms with E-state index in [1.165, 1.54) is 12.1 Å². The number of carbonyl (C=O) groups is 1. The average Bonchev–Trinajstić information content (AvgIpc) is 2.91. The van der Waals surface area contributed by atoms with Gasteiger partial charge >= 0.3 is 0 Å². The lowest BCUT2D eigenvalue weighted by Crippen LogP contribution is -2.40. The first kappa shape index (κ1) is 14.5. The lowest BCUT2D eigenvalue weighted by atomic mass is 9.85. The summed E-state index contributed by atoms with van der Waals surface area (Å²) >= 11 is 0. The van der Waals surface area contributed by atoms with E-state index in [1.54, 1.807) is 6.07 Å². The zero-order chi connectivity index (χ0) is 14.8. The molecule has 0 aliphatic heterocycles. The second kappa shape index (κ2) is 5.58. The molecule has 0 heterocycles. The first-order chi connectivity index (χ1) is 9.48. The second-order valence-corrected chi connectivity index (χ2v) is 5.40. The number of nitrogens with zero attached hydrogens (tertiary/aromatic N) is 1. The molecule has 1 fully saturated rings. The van der Waals surface area contributed by atoms with E-state index in [0.29, 0.717) is 12.2 Å². The number of aryl methyl sites for hydroxylation is 1. The van der Waals surface area contributed by atoms with E-state index in [1.807, 2.05) is 6.92 Å². The van der Waals surface area contributed by atoms with Crippen LogP contribution in [0.2, 0.25) is 0 Å². The van der Waals surface area contributed by atoms with Gasteiger partial charge in [-0.25, -0.2) is 0 Å². The predicted octanol–water partition coefficient (Wildman–Crippen LogP) is 2.36. The fourth-order valence-electron chi connectivity index (χ4n) is 2.69. The molecule has 1 aliphatic carbocycles. The summed E-state index contributed by atoms with van der Waals surface area (Å²) in [7, 11) is 0. The van der Waals surface area contributed by atoms with Crippen molar-refractivity contribution in [1.82, 2.24) is 0 Å². The largest absolute Gasteiger partial charge is 0.329 e. The zero-order valence-electron chi connectivity index (χ0n) is 11.5. The normalized spacial score (nSPS) is 16.9. The monoisotopic (exact) mass is 277 g/mol. The van der Waals surface area contributed by atoms with Gasteiger partial charge in [0.1, 0.15) is 0 Å². The van der Waals surface area contributed by atoms with Crippen LogP contribution in [0.5, 0.6) is 0 Å². The van der Waals surface area contributed by atoms with E-state index in [4.69, 9.17) is 5.73 Å². The van der Waals surface area contributed by atoms with Crippen LogP contribution in [0.15, 0.2) is 18.2 Å². The highest BCUT2D eigenvalue weighted by Gasteiger charge is 2.39. The van der Waals surface area contributed by atoms with Gasteiger partial charge in [0, 0.05) is 18.7 Å². The van der Waals surface area contributed by atoms with Crippen LogP contribution in [0.1, 0.15) is 31.2 Å². The number of anilines is 1. The van der Waals surface area contributed by atoms with Crippen LogP contribution < -0.4 is 11.1 Å². The Morgan fingerprint density at radius 3 is 2.65 bits per heavy atom. The number of nitrogens with two attached hydrogens (primary N) is 1. The number of carbonyl (C=O) groups excluding carboxylic acids is 1. The Kier molecular flexibility index (Phi) is 4.04. The summed E-state index contributed by atoms with van der Waals surface area (Å²) in [5.74, 6) is -0.124. The number of nitro groups is 1.